The molecule has 0 saturated carbocycles. The Morgan fingerprint density at radius 2 is 2.07 bits per heavy atom. The number of Topliss-reactive ketones (excluding diaryl/α,β-unsaturated/α-hetero) is 1. The van der Waals surface area contributed by atoms with Crippen LogP contribution in [0.25, 0.3) is 0 Å². The summed E-state index contributed by atoms with van der Waals surface area (Å²) in [7, 11) is 0. The molecule has 1 aromatic carbocycles. The summed E-state index contributed by atoms with van der Waals surface area (Å²) < 4.78 is 0. The van der Waals surface area contributed by atoms with Crippen molar-refractivity contribution in [3.8, 4) is 0 Å². The van der Waals surface area contributed by atoms with Crippen LogP contribution in [-0.4, -0.2) is 23.4 Å². The first-order chi connectivity index (χ1) is 7.16. The Morgan fingerprint density at radius 3 is 2.67 bits per heavy atom. The van der Waals surface area contributed by atoms with Gasteiger partial charge < -0.3 is 10.4 Å². The van der Waals surface area contributed by atoms with E-state index in [-0.39, 0.29) is 5.56 Å². The van der Waals surface area contributed by atoms with E-state index in [4.69, 9.17) is 5.11 Å². The SMILES string of the molecule is C=CCNc1ccccc1C(=O)C(=O)O. The van der Waals surface area contributed by atoms with E-state index in [2.05, 4.69) is 11.9 Å². The van der Waals surface area contributed by atoms with E-state index in [1.807, 2.05) is 0 Å². The van der Waals surface area contributed by atoms with Crippen molar-refractivity contribution in [3.05, 3.63) is 42.5 Å². The molecule has 15 heavy (non-hydrogen) atoms. The molecule has 0 aliphatic carbocycles. The van der Waals surface area contributed by atoms with Gasteiger partial charge in [-0.3, -0.25) is 4.79 Å². The molecule has 2 N–H and O–H groups in total. The molecule has 4 nitrogen and oxygen atoms in total. The number of carboxylic acid groups (broad SMARTS) is 1. The molecule has 0 radical (unpaired) electrons. The fourth-order valence-corrected chi connectivity index (χ4v) is 1.13. The fraction of sp³-hybridized carbons (Fsp3) is 0.0909. The van der Waals surface area contributed by atoms with E-state index in [1.165, 1.54) is 6.07 Å². The Labute approximate surface area is 87.2 Å². The number of benzene rings is 1. The van der Waals surface area contributed by atoms with Crippen molar-refractivity contribution in [1.82, 2.24) is 0 Å². The highest BCUT2D eigenvalue weighted by molar-refractivity contribution is 6.41. The summed E-state index contributed by atoms with van der Waals surface area (Å²) in [6.45, 7) is 4.00. The van der Waals surface area contributed by atoms with Gasteiger partial charge in [-0.15, -0.1) is 6.58 Å². The highest BCUT2D eigenvalue weighted by atomic mass is 16.4. The van der Waals surface area contributed by atoms with Gasteiger partial charge in [0, 0.05) is 12.2 Å². The van der Waals surface area contributed by atoms with Gasteiger partial charge in [-0.05, 0) is 12.1 Å². The van der Waals surface area contributed by atoms with Crippen LogP contribution in [-0.2, 0) is 4.79 Å². The summed E-state index contributed by atoms with van der Waals surface area (Å²) in [6.07, 6.45) is 1.63. The number of hydrogen-bond acceptors (Lipinski definition) is 3. The zero-order valence-electron chi connectivity index (χ0n) is 8.06. The van der Waals surface area contributed by atoms with Crippen molar-refractivity contribution < 1.29 is 14.7 Å². The molecule has 0 amide bonds. The van der Waals surface area contributed by atoms with Crippen LogP contribution in [0.2, 0.25) is 0 Å². The maximum atomic E-state index is 11.3. The first kappa shape index (κ1) is 11.0. The lowest BCUT2D eigenvalue weighted by Gasteiger charge is -2.07. The maximum Gasteiger partial charge on any atom is 0.377 e. The Morgan fingerprint density at radius 1 is 1.40 bits per heavy atom. The number of para-hydroxylation sites is 1. The molecule has 4 heteroatoms. The van der Waals surface area contributed by atoms with E-state index in [9.17, 15) is 9.59 Å². The minimum atomic E-state index is -1.46. The lowest BCUT2D eigenvalue weighted by molar-refractivity contribution is -0.131. The lowest BCUT2D eigenvalue weighted by Crippen LogP contribution is -2.15. The zero-order chi connectivity index (χ0) is 11.3. The zero-order valence-corrected chi connectivity index (χ0v) is 8.06. The Bertz CT molecular complexity index is 399. The second kappa shape index (κ2) is 4.95. The number of aliphatic carboxylic acids is 1. The predicted octanol–water partition coefficient (Wildman–Crippen LogP) is 1.55. The normalized spacial score (nSPS) is 9.33. The standard InChI is InChI=1S/C11H11NO3/c1-2-7-12-9-6-4-3-5-8(9)10(13)11(14)15/h2-6,12H,1,7H2,(H,14,15). The number of carboxylic acids is 1. The molecule has 0 saturated heterocycles. The van der Waals surface area contributed by atoms with Gasteiger partial charge in [0.25, 0.3) is 5.78 Å². The van der Waals surface area contributed by atoms with Gasteiger partial charge >= 0.3 is 5.97 Å². The smallest absolute Gasteiger partial charge is 0.377 e. The third-order valence-electron chi connectivity index (χ3n) is 1.80. The summed E-state index contributed by atoms with van der Waals surface area (Å²) in [6, 6.07) is 6.47. The highest BCUT2D eigenvalue weighted by Gasteiger charge is 2.17. The minimum Gasteiger partial charge on any atom is -0.475 e. The third kappa shape index (κ3) is 2.67. The summed E-state index contributed by atoms with van der Waals surface area (Å²) in [5.41, 5.74) is 0.664. The molecular weight excluding hydrogens is 194 g/mol. The van der Waals surface area contributed by atoms with Gasteiger partial charge in [0.1, 0.15) is 0 Å². The van der Waals surface area contributed by atoms with Gasteiger partial charge in [-0.2, -0.15) is 0 Å². The average Bonchev–Trinajstić information content (AvgIpc) is 2.25. The van der Waals surface area contributed by atoms with Crippen LogP contribution in [0.3, 0.4) is 0 Å². The minimum absolute atomic E-state index is 0.159. The van der Waals surface area contributed by atoms with Gasteiger partial charge in [0.2, 0.25) is 0 Å². The van der Waals surface area contributed by atoms with Crippen LogP contribution in [0.4, 0.5) is 5.69 Å². The van der Waals surface area contributed by atoms with Crippen molar-refractivity contribution in [2.75, 3.05) is 11.9 Å². The van der Waals surface area contributed by atoms with Crippen LogP contribution in [0.15, 0.2) is 36.9 Å². The van der Waals surface area contributed by atoms with E-state index in [0.29, 0.717) is 12.2 Å². The second-order valence-electron chi connectivity index (χ2n) is 2.85. The number of carbonyl (C=O) groups excluding carboxylic acids is 1. The quantitative estimate of drug-likeness (QED) is 0.435. The molecule has 0 aliphatic rings. The molecule has 1 rings (SSSR count). The van der Waals surface area contributed by atoms with Gasteiger partial charge in [-0.1, -0.05) is 18.2 Å². The van der Waals surface area contributed by atoms with Crippen molar-refractivity contribution in [2.45, 2.75) is 0 Å². The molecule has 0 unspecified atom stereocenters. The number of carbonyl (C=O) groups is 2. The monoisotopic (exact) mass is 205 g/mol. The van der Waals surface area contributed by atoms with Crippen LogP contribution in [0.1, 0.15) is 10.4 Å². The molecule has 1 aromatic rings. The first-order valence-electron chi connectivity index (χ1n) is 4.38. The van der Waals surface area contributed by atoms with Crippen LogP contribution < -0.4 is 5.32 Å². The number of rotatable bonds is 5. The van der Waals surface area contributed by atoms with E-state index in [0.717, 1.165) is 0 Å². The summed E-state index contributed by atoms with van der Waals surface area (Å²) >= 11 is 0. The molecule has 0 atom stereocenters. The molecule has 78 valence electrons. The fourth-order valence-electron chi connectivity index (χ4n) is 1.13. The first-order valence-corrected chi connectivity index (χ1v) is 4.38. The van der Waals surface area contributed by atoms with Gasteiger partial charge in [0.05, 0.1) is 5.56 Å². The molecule has 0 heterocycles. The number of anilines is 1. The Balaban J connectivity index is 3.00. The topological polar surface area (TPSA) is 66.4 Å². The summed E-state index contributed by atoms with van der Waals surface area (Å²) in [5, 5.41) is 11.5. The molecular formula is C11H11NO3. The number of nitrogens with one attached hydrogen (secondary N) is 1. The summed E-state index contributed by atoms with van der Waals surface area (Å²) in [4.78, 5) is 21.8. The summed E-state index contributed by atoms with van der Waals surface area (Å²) in [5.74, 6) is -2.37. The maximum absolute atomic E-state index is 11.3. The predicted molar refractivity (Wildman–Crippen MR) is 57.1 cm³/mol. The molecule has 0 bridgehead atoms. The van der Waals surface area contributed by atoms with Crippen molar-refractivity contribution >= 4 is 17.4 Å². The highest BCUT2D eigenvalue weighted by Crippen LogP contribution is 2.15. The average molecular weight is 205 g/mol. The van der Waals surface area contributed by atoms with Crippen LogP contribution >= 0.6 is 0 Å². The van der Waals surface area contributed by atoms with Crippen molar-refractivity contribution in [2.24, 2.45) is 0 Å². The van der Waals surface area contributed by atoms with Crippen molar-refractivity contribution in [3.63, 3.8) is 0 Å². The van der Waals surface area contributed by atoms with Gasteiger partial charge in [0.15, 0.2) is 0 Å². The van der Waals surface area contributed by atoms with Crippen LogP contribution in [0.5, 0.6) is 0 Å². The molecule has 0 aliphatic heterocycles. The largest absolute Gasteiger partial charge is 0.475 e. The Kier molecular flexibility index (Phi) is 3.62. The Hall–Kier alpha value is -2.10. The van der Waals surface area contributed by atoms with E-state index < -0.39 is 11.8 Å². The molecule has 0 spiro atoms. The van der Waals surface area contributed by atoms with Gasteiger partial charge in [-0.25, -0.2) is 4.79 Å². The molecule has 0 aromatic heterocycles. The number of ketones is 1. The number of hydrogen-bond donors (Lipinski definition) is 2. The van der Waals surface area contributed by atoms with Crippen molar-refractivity contribution in [1.29, 1.82) is 0 Å². The molecule has 0 fully saturated rings. The van der Waals surface area contributed by atoms with Crippen LogP contribution in [0, 0.1) is 0 Å². The third-order valence-corrected chi connectivity index (χ3v) is 1.80. The van der Waals surface area contributed by atoms with E-state index in [1.54, 1.807) is 24.3 Å². The second-order valence-corrected chi connectivity index (χ2v) is 2.85. The lowest BCUT2D eigenvalue weighted by atomic mass is 10.1. The van der Waals surface area contributed by atoms with E-state index >= 15 is 0 Å².